The Morgan fingerprint density at radius 2 is 1.70 bits per heavy atom. The number of benzene rings is 2. The number of amides is 3. The van der Waals surface area contributed by atoms with Gasteiger partial charge in [-0.25, -0.2) is 10.9 Å². The fourth-order valence-electron chi connectivity index (χ4n) is 3.61. The summed E-state index contributed by atoms with van der Waals surface area (Å²) in [5.41, 5.74) is 12.4. The van der Waals surface area contributed by atoms with Crippen LogP contribution in [0.15, 0.2) is 54.6 Å². The molecule has 0 aromatic heterocycles. The number of ether oxygens (including phenoxy) is 1. The summed E-state index contributed by atoms with van der Waals surface area (Å²) < 4.78 is 5.51. The molecule has 0 bridgehead atoms. The zero-order valence-corrected chi connectivity index (χ0v) is 19.1. The SMILES string of the molecule is CCOc1ccccc1C(=O)NC(C(=O)NNC(=O)C1CC(c2ccccc2)NN1)C(C)C. The van der Waals surface area contributed by atoms with E-state index in [4.69, 9.17) is 4.74 Å². The summed E-state index contributed by atoms with van der Waals surface area (Å²) in [7, 11) is 0. The van der Waals surface area contributed by atoms with Crippen molar-refractivity contribution in [2.45, 2.75) is 45.3 Å². The first-order valence-corrected chi connectivity index (χ1v) is 11.1. The summed E-state index contributed by atoms with van der Waals surface area (Å²) >= 11 is 0. The Bertz CT molecular complexity index is 966. The molecule has 1 aliphatic heterocycles. The number of carbonyl (C=O) groups is 3. The summed E-state index contributed by atoms with van der Waals surface area (Å²) in [5.74, 6) is -1.07. The van der Waals surface area contributed by atoms with Gasteiger partial charge in [0, 0.05) is 6.04 Å². The summed E-state index contributed by atoms with van der Waals surface area (Å²) in [6, 6.07) is 15.3. The van der Waals surface area contributed by atoms with Crippen LogP contribution in [0, 0.1) is 5.92 Å². The Kier molecular flexibility index (Phi) is 8.39. The molecule has 0 spiro atoms. The van der Waals surface area contributed by atoms with Gasteiger partial charge in [-0.05, 0) is 37.0 Å². The molecule has 0 radical (unpaired) electrons. The number of carbonyl (C=O) groups excluding carboxylic acids is 3. The van der Waals surface area contributed by atoms with E-state index in [0.717, 1.165) is 5.56 Å². The maximum atomic E-state index is 12.8. The topological polar surface area (TPSA) is 121 Å². The van der Waals surface area contributed by atoms with Crippen molar-refractivity contribution >= 4 is 17.7 Å². The first-order chi connectivity index (χ1) is 15.9. The zero-order chi connectivity index (χ0) is 23.8. The first-order valence-electron chi connectivity index (χ1n) is 11.1. The van der Waals surface area contributed by atoms with Gasteiger partial charge in [0.25, 0.3) is 17.7 Å². The number of hydrazine groups is 2. The molecule has 9 nitrogen and oxygen atoms in total. The molecule has 3 amide bonds. The highest BCUT2D eigenvalue weighted by Crippen LogP contribution is 2.22. The highest BCUT2D eigenvalue weighted by atomic mass is 16.5. The largest absolute Gasteiger partial charge is 0.493 e. The number of rotatable bonds is 8. The molecular formula is C24H31N5O4. The third-order valence-corrected chi connectivity index (χ3v) is 5.40. The van der Waals surface area contributed by atoms with Crippen LogP contribution in [0.5, 0.6) is 5.75 Å². The van der Waals surface area contributed by atoms with Crippen LogP contribution in [-0.2, 0) is 9.59 Å². The monoisotopic (exact) mass is 453 g/mol. The molecule has 0 aliphatic carbocycles. The molecule has 0 saturated carbocycles. The zero-order valence-electron chi connectivity index (χ0n) is 19.1. The summed E-state index contributed by atoms with van der Waals surface area (Å²) in [6.45, 7) is 5.87. The van der Waals surface area contributed by atoms with E-state index in [0.29, 0.717) is 24.3 Å². The Balaban J connectivity index is 1.55. The van der Waals surface area contributed by atoms with Crippen molar-refractivity contribution in [1.82, 2.24) is 27.0 Å². The van der Waals surface area contributed by atoms with E-state index < -0.39 is 23.9 Å². The van der Waals surface area contributed by atoms with Crippen molar-refractivity contribution in [2.24, 2.45) is 5.92 Å². The van der Waals surface area contributed by atoms with Crippen molar-refractivity contribution in [1.29, 1.82) is 0 Å². The highest BCUT2D eigenvalue weighted by molar-refractivity contribution is 6.00. The predicted octanol–water partition coefficient (Wildman–Crippen LogP) is 1.59. The van der Waals surface area contributed by atoms with Gasteiger partial charge < -0.3 is 10.1 Å². The molecule has 33 heavy (non-hydrogen) atoms. The van der Waals surface area contributed by atoms with E-state index in [1.54, 1.807) is 24.3 Å². The Morgan fingerprint density at radius 3 is 2.39 bits per heavy atom. The molecule has 2 aromatic carbocycles. The van der Waals surface area contributed by atoms with Crippen molar-refractivity contribution in [3.8, 4) is 5.75 Å². The molecular weight excluding hydrogens is 422 g/mol. The Hall–Kier alpha value is -3.43. The molecule has 1 saturated heterocycles. The highest BCUT2D eigenvalue weighted by Gasteiger charge is 2.31. The lowest BCUT2D eigenvalue weighted by atomic mass is 10.0. The Labute approximate surface area is 193 Å². The lowest BCUT2D eigenvalue weighted by Crippen LogP contribution is -2.56. The van der Waals surface area contributed by atoms with E-state index in [1.807, 2.05) is 51.1 Å². The molecule has 3 atom stereocenters. The second-order valence-corrected chi connectivity index (χ2v) is 8.14. The first kappa shape index (κ1) is 24.2. The van der Waals surface area contributed by atoms with E-state index in [9.17, 15) is 14.4 Å². The van der Waals surface area contributed by atoms with Gasteiger partial charge in [-0.2, -0.15) is 0 Å². The average Bonchev–Trinajstić information content (AvgIpc) is 3.32. The van der Waals surface area contributed by atoms with Crippen LogP contribution >= 0.6 is 0 Å². The van der Waals surface area contributed by atoms with Crippen LogP contribution in [0.25, 0.3) is 0 Å². The third-order valence-electron chi connectivity index (χ3n) is 5.40. The maximum absolute atomic E-state index is 12.8. The fraction of sp³-hybridized carbons (Fsp3) is 0.375. The lowest BCUT2D eigenvalue weighted by Gasteiger charge is -2.23. The fourth-order valence-corrected chi connectivity index (χ4v) is 3.61. The van der Waals surface area contributed by atoms with Gasteiger partial charge in [-0.3, -0.25) is 25.2 Å². The van der Waals surface area contributed by atoms with Gasteiger partial charge >= 0.3 is 0 Å². The van der Waals surface area contributed by atoms with Gasteiger partial charge in [-0.1, -0.05) is 56.3 Å². The van der Waals surface area contributed by atoms with Gasteiger partial charge in [0.05, 0.1) is 12.2 Å². The average molecular weight is 454 g/mol. The molecule has 3 unspecified atom stereocenters. The quantitative estimate of drug-likeness (QED) is 0.387. The van der Waals surface area contributed by atoms with E-state index in [1.165, 1.54) is 0 Å². The van der Waals surface area contributed by atoms with Crippen LogP contribution < -0.4 is 31.8 Å². The van der Waals surface area contributed by atoms with E-state index in [-0.39, 0.29) is 17.9 Å². The van der Waals surface area contributed by atoms with Gasteiger partial charge in [0.1, 0.15) is 17.8 Å². The molecule has 1 heterocycles. The summed E-state index contributed by atoms with van der Waals surface area (Å²) in [6.07, 6.45) is 0.532. The van der Waals surface area contributed by atoms with E-state index in [2.05, 4.69) is 27.0 Å². The number of hydrogen-bond donors (Lipinski definition) is 5. The second-order valence-electron chi connectivity index (χ2n) is 8.14. The maximum Gasteiger partial charge on any atom is 0.261 e. The molecule has 5 N–H and O–H groups in total. The third kappa shape index (κ3) is 6.30. The van der Waals surface area contributed by atoms with Gasteiger partial charge in [0.2, 0.25) is 0 Å². The molecule has 3 rings (SSSR count). The molecule has 1 aliphatic rings. The summed E-state index contributed by atoms with van der Waals surface area (Å²) in [5, 5.41) is 2.74. The minimum absolute atomic E-state index is 0.00856. The van der Waals surface area contributed by atoms with Crippen molar-refractivity contribution in [3.05, 3.63) is 65.7 Å². The van der Waals surface area contributed by atoms with Gasteiger partial charge in [0.15, 0.2) is 0 Å². The van der Waals surface area contributed by atoms with Crippen molar-refractivity contribution in [3.63, 3.8) is 0 Å². The van der Waals surface area contributed by atoms with Crippen molar-refractivity contribution in [2.75, 3.05) is 6.61 Å². The minimum Gasteiger partial charge on any atom is -0.493 e. The Morgan fingerprint density at radius 1 is 1.00 bits per heavy atom. The predicted molar refractivity (Wildman–Crippen MR) is 124 cm³/mol. The smallest absolute Gasteiger partial charge is 0.261 e. The summed E-state index contributed by atoms with van der Waals surface area (Å²) in [4.78, 5) is 38.1. The van der Waals surface area contributed by atoms with Crippen molar-refractivity contribution < 1.29 is 19.1 Å². The van der Waals surface area contributed by atoms with Crippen LogP contribution in [0.2, 0.25) is 0 Å². The second kappa shape index (κ2) is 11.4. The molecule has 9 heteroatoms. The van der Waals surface area contributed by atoms with Crippen LogP contribution in [0.3, 0.4) is 0 Å². The minimum atomic E-state index is -0.848. The normalized spacial score (nSPS) is 18.4. The van der Waals surface area contributed by atoms with Gasteiger partial charge in [-0.15, -0.1) is 0 Å². The standard InChI is InChI=1S/C24H31N5O4/c1-4-33-20-13-9-8-12-17(20)22(30)25-21(15(2)3)24(32)29-28-23(31)19-14-18(26-27-19)16-10-6-5-7-11-16/h5-13,15,18-19,21,26-27H,4,14H2,1-3H3,(H,25,30)(H,28,31)(H,29,32). The van der Waals surface area contributed by atoms with Crippen LogP contribution in [0.4, 0.5) is 0 Å². The van der Waals surface area contributed by atoms with E-state index >= 15 is 0 Å². The number of hydrogen-bond acceptors (Lipinski definition) is 6. The number of para-hydroxylation sites is 1. The molecule has 2 aromatic rings. The van der Waals surface area contributed by atoms with Crippen LogP contribution in [-0.4, -0.2) is 36.4 Å². The number of nitrogens with one attached hydrogen (secondary N) is 5. The molecule has 176 valence electrons. The van der Waals surface area contributed by atoms with Crippen LogP contribution in [0.1, 0.15) is 49.2 Å². The lowest BCUT2D eigenvalue weighted by molar-refractivity contribution is -0.131. The molecule has 1 fully saturated rings.